The van der Waals surface area contributed by atoms with E-state index in [9.17, 15) is 14.4 Å². The summed E-state index contributed by atoms with van der Waals surface area (Å²) < 4.78 is 1.83. The highest BCUT2D eigenvalue weighted by Gasteiger charge is 2.30. The summed E-state index contributed by atoms with van der Waals surface area (Å²) in [5.41, 5.74) is 3.69. The van der Waals surface area contributed by atoms with Crippen molar-refractivity contribution >= 4 is 40.5 Å². The van der Waals surface area contributed by atoms with Crippen molar-refractivity contribution in [2.24, 2.45) is 0 Å². The number of aromatic nitrogens is 1. The van der Waals surface area contributed by atoms with Gasteiger partial charge in [-0.2, -0.15) is 0 Å². The lowest BCUT2D eigenvalue weighted by Gasteiger charge is -2.07. The summed E-state index contributed by atoms with van der Waals surface area (Å²) in [5.74, 6) is -0.539. The highest BCUT2D eigenvalue weighted by Crippen LogP contribution is 2.24. The number of imide groups is 1. The largest absolute Gasteiger partial charge is 0.337 e. The molecule has 0 radical (unpaired) electrons. The first-order valence-electron chi connectivity index (χ1n) is 9.17. The van der Waals surface area contributed by atoms with Gasteiger partial charge in [0, 0.05) is 35.4 Å². The third kappa shape index (κ3) is 3.62. The number of nitrogens with one attached hydrogen (secondary N) is 2. The molecule has 3 aromatic rings. The van der Waals surface area contributed by atoms with E-state index in [-0.39, 0.29) is 24.1 Å². The van der Waals surface area contributed by atoms with Crippen LogP contribution in [0.25, 0.3) is 17.0 Å². The second-order valence-corrected chi connectivity index (χ2v) is 7.00. The van der Waals surface area contributed by atoms with E-state index in [4.69, 9.17) is 0 Å². The molecule has 2 aromatic carbocycles. The van der Waals surface area contributed by atoms with Gasteiger partial charge in [0.1, 0.15) is 12.2 Å². The number of hydrogen-bond donors (Lipinski definition) is 2. The van der Waals surface area contributed by atoms with Crippen molar-refractivity contribution in [3.05, 3.63) is 71.6 Å². The second kappa shape index (κ2) is 7.27. The van der Waals surface area contributed by atoms with E-state index in [1.54, 1.807) is 6.08 Å². The molecule has 29 heavy (non-hydrogen) atoms. The standard InChI is InChI=1S/C22H20N4O3/c1-14-7-9-16(10-8-14)23-20(27)13-26-12-15(17-5-3-4-6-19(17)26)11-18-21(28)25(2)22(29)24-18/h3-12H,13H2,1-2H3,(H,23,27)(H,24,29)/b18-11+. The van der Waals surface area contributed by atoms with Crippen LogP contribution in [0.1, 0.15) is 11.1 Å². The Morgan fingerprint density at radius 2 is 1.83 bits per heavy atom. The van der Waals surface area contributed by atoms with Crippen molar-refractivity contribution in [3.8, 4) is 0 Å². The molecule has 1 aliphatic heterocycles. The number of anilines is 1. The molecule has 1 saturated heterocycles. The predicted octanol–water partition coefficient (Wildman–Crippen LogP) is 3.11. The fraction of sp³-hybridized carbons (Fsp3) is 0.136. The van der Waals surface area contributed by atoms with Crippen LogP contribution < -0.4 is 10.6 Å². The lowest BCUT2D eigenvalue weighted by atomic mass is 10.1. The third-order valence-electron chi connectivity index (χ3n) is 4.85. The molecule has 4 rings (SSSR count). The molecule has 2 heterocycles. The SMILES string of the molecule is Cc1ccc(NC(=O)Cn2cc(/C=C3/NC(=O)N(C)C3=O)c3ccccc32)cc1. The number of likely N-dealkylation sites (N-methyl/N-ethyl adjacent to an activating group) is 1. The average molecular weight is 388 g/mol. The molecule has 0 spiro atoms. The highest BCUT2D eigenvalue weighted by atomic mass is 16.2. The van der Waals surface area contributed by atoms with Crippen molar-refractivity contribution in [3.63, 3.8) is 0 Å². The van der Waals surface area contributed by atoms with Crippen molar-refractivity contribution < 1.29 is 14.4 Å². The number of benzene rings is 2. The molecule has 4 amide bonds. The zero-order valence-electron chi connectivity index (χ0n) is 16.1. The quantitative estimate of drug-likeness (QED) is 0.532. The number of aryl methyl sites for hydroxylation is 1. The summed E-state index contributed by atoms with van der Waals surface area (Å²) >= 11 is 0. The van der Waals surface area contributed by atoms with Gasteiger partial charge in [-0.25, -0.2) is 4.79 Å². The fourth-order valence-corrected chi connectivity index (χ4v) is 3.29. The molecule has 146 valence electrons. The molecule has 0 unspecified atom stereocenters. The molecule has 0 saturated carbocycles. The minimum absolute atomic E-state index is 0.123. The Balaban J connectivity index is 1.62. The molecule has 0 atom stereocenters. The summed E-state index contributed by atoms with van der Waals surface area (Å²) in [5, 5.41) is 6.34. The van der Waals surface area contributed by atoms with Gasteiger partial charge in [-0.3, -0.25) is 14.5 Å². The molecule has 1 aromatic heterocycles. The smallest absolute Gasteiger partial charge is 0.328 e. The highest BCUT2D eigenvalue weighted by molar-refractivity contribution is 6.14. The zero-order valence-corrected chi connectivity index (χ0v) is 16.1. The first-order valence-corrected chi connectivity index (χ1v) is 9.17. The van der Waals surface area contributed by atoms with Crippen molar-refractivity contribution in [1.82, 2.24) is 14.8 Å². The first-order chi connectivity index (χ1) is 13.9. The second-order valence-electron chi connectivity index (χ2n) is 7.00. The summed E-state index contributed by atoms with van der Waals surface area (Å²) in [6.45, 7) is 2.11. The maximum Gasteiger partial charge on any atom is 0.328 e. The number of rotatable bonds is 4. The van der Waals surface area contributed by atoms with Crippen LogP contribution in [-0.2, 0) is 16.1 Å². The van der Waals surface area contributed by atoms with Crippen LogP contribution in [0.3, 0.4) is 0 Å². The van der Waals surface area contributed by atoms with Gasteiger partial charge in [-0.15, -0.1) is 0 Å². The lowest BCUT2D eigenvalue weighted by molar-refractivity contribution is -0.122. The van der Waals surface area contributed by atoms with Crippen molar-refractivity contribution in [2.45, 2.75) is 13.5 Å². The molecule has 7 nitrogen and oxygen atoms in total. The number of para-hydroxylation sites is 1. The average Bonchev–Trinajstić information content (AvgIpc) is 3.16. The number of amides is 4. The molecular formula is C22H20N4O3. The van der Waals surface area contributed by atoms with Gasteiger partial charge in [-0.05, 0) is 31.2 Å². The van der Waals surface area contributed by atoms with E-state index < -0.39 is 6.03 Å². The Morgan fingerprint density at radius 3 is 2.52 bits per heavy atom. The van der Waals surface area contributed by atoms with Crippen LogP contribution in [0.15, 0.2) is 60.4 Å². The van der Waals surface area contributed by atoms with E-state index in [1.165, 1.54) is 7.05 Å². The minimum Gasteiger partial charge on any atom is -0.337 e. The Kier molecular flexibility index (Phi) is 4.64. The molecule has 7 heteroatoms. The van der Waals surface area contributed by atoms with Crippen molar-refractivity contribution in [2.75, 3.05) is 12.4 Å². The number of carbonyl (C=O) groups excluding carboxylic acids is 3. The lowest BCUT2D eigenvalue weighted by Crippen LogP contribution is -2.25. The van der Waals surface area contributed by atoms with Gasteiger partial charge in [-0.1, -0.05) is 35.9 Å². The first kappa shape index (κ1) is 18.5. The van der Waals surface area contributed by atoms with Crippen LogP contribution >= 0.6 is 0 Å². The van der Waals surface area contributed by atoms with Crippen LogP contribution in [0.5, 0.6) is 0 Å². The van der Waals surface area contributed by atoms with Crippen LogP contribution in [0.4, 0.5) is 10.5 Å². The molecular weight excluding hydrogens is 368 g/mol. The van der Waals surface area contributed by atoms with Gasteiger partial charge in [0.05, 0.1) is 0 Å². The van der Waals surface area contributed by atoms with Gasteiger partial charge in [0.2, 0.25) is 5.91 Å². The molecule has 0 bridgehead atoms. The number of nitrogens with zero attached hydrogens (tertiary/aromatic N) is 2. The molecule has 2 N–H and O–H groups in total. The van der Waals surface area contributed by atoms with E-state index >= 15 is 0 Å². The monoisotopic (exact) mass is 388 g/mol. The summed E-state index contributed by atoms with van der Waals surface area (Å²) in [6, 6.07) is 14.8. The number of carbonyl (C=O) groups is 3. The van der Waals surface area contributed by atoms with E-state index in [2.05, 4.69) is 10.6 Å². The number of urea groups is 1. The van der Waals surface area contributed by atoms with Crippen molar-refractivity contribution in [1.29, 1.82) is 0 Å². The Labute approximate surface area is 167 Å². The van der Waals surface area contributed by atoms with Gasteiger partial charge >= 0.3 is 6.03 Å². The van der Waals surface area contributed by atoms with Gasteiger partial charge in [0.25, 0.3) is 5.91 Å². The Morgan fingerprint density at radius 1 is 1.10 bits per heavy atom. The Bertz CT molecular complexity index is 1160. The summed E-state index contributed by atoms with van der Waals surface area (Å²) in [7, 11) is 1.43. The minimum atomic E-state index is -0.456. The third-order valence-corrected chi connectivity index (χ3v) is 4.85. The van der Waals surface area contributed by atoms with Crippen LogP contribution in [0.2, 0.25) is 0 Å². The number of fused-ring (bicyclic) bond motifs is 1. The molecule has 1 aliphatic rings. The van der Waals surface area contributed by atoms with Gasteiger partial charge in [0.15, 0.2) is 0 Å². The normalized spacial score (nSPS) is 15.2. The number of hydrogen-bond acceptors (Lipinski definition) is 3. The van der Waals surface area contributed by atoms with Gasteiger partial charge < -0.3 is 15.2 Å². The zero-order chi connectivity index (χ0) is 20.5. The van der Waals surface area contributed by atoms with E-state index in [0.29, 0.717) is 0 Å². The molecule has 1 fully saturated rings. The predicted molar refractivity (Wildman–Crippen MR) is 111 cm³/mol. The van der Waals surface area contributed by atoms with Crippen LogP contribution in [-0.4, -0.2) is 34.4 Å². The Hall–Kier alpha value is -3.87. The maximum atomic E-state index is 12.5. The summed E-state index contributed by atoms with van der Waals surface area (Å²) in [6.07, 6.45) is 3.45. The van der Waals surface area contributed by atoms with E-state index in [0.717, 1.165) is 32.6 Å². The van der Waals surface area contributed by atoms with Crippen LogP contribution in [0, 0.1) is 6.92 Å². The topological polar surface area (TPSA) is 83.4 Å². The fourth-order valence-electron chi connectivity index (χ4n) is 3.29. The maximum absolute atomic E-state index is 12.5. The van der Waals surface area contributed by atoms with E-state index in [1.807, 2.05) is 66.2 Å². The summed E-state index contributed by atoms with van der Waals surface area (Å²) in [4.78, 5) is 37.4. The molecule has 0 aliphatic carbocycles.